The third-order valence-electron chi connectivity index (χ3n) is 3.48. The topological polar surface area (TPSA) is 12.0 Å². The van der Waals surface area contributed by atoms with Gasteiger partial charge in [0.1, 0.15) is 0 Å². The summed E-state index contributed by atoms with van der Waals surface area (Å²) in [6.07, 6.45) is 0. The lowest BCUT2D eigenvalue weighted by Gasteiger charge is -2.16. The average Bonchev–Trinajstić information content (AvgIpc) is 2.47. The summed E-state index contributed by atoms with van der Waals surface area (Å²) in [6.45, 7) is 2.16. The molecule has 0 spiro atoms. The summed E-state index contributed by atoms with van der Waals surface area (Å²) < 4.78 is 0. The quantitative estimate of drug-likeness (QED) is 0.652. The standard InChI is InChI=1S/C18H16ClN/c1-13(20-18-8-4-7-17(19)12-18)15-10-9-14-5-2-3-6-16(14)11-15/h2-13,20H,1H3. The zero-order valence-corrected chi connectivity index (χ0v) is 12.1. The van der Waals surface area contributed by atoms with Crippen molar-refractivity contribution in [1.29, 1.82) is 0 Å². The number of rotatable bonds is 3. The van der Waals surface area contributed by atoms with Gasteiger partial charge >= 0.3 is 0 Å². The van der Waals surface area contributed by atoms with Crippen LogP contribution in [0, 0.1) is 0 Å². The molecule has 0 saturated heterocycles. The fourth-order valence-electron chi connectivity index (χ4n) is 2.39. The van der Waals surface area contributed by atoms with Gasteiger partial charge in [0.2, 0.25) is 0 Å². The Morgan fingerprint density at radius 2 is 1.65 bits per heavy atom. The smallest absolute Gasteiger partial charge is 0.0485 e. The Hall–Kier alpha value is -1.99. The highest BCUT2D eigenvalue weighted by Crippen LogP contribution is 2.24. The fourth-order valence-corrected chi connectivity index (χ4v) is 2.58. The minimum Gasteiger partial charge on any atom is -0.378 e. The molecule has 0 aliphatic carbocycles. The number of nitrogens with one attached hydrogen (secondary N) is 1. The largest absolute Gasteiger partial charge is 0.378 e. The molecule has 0 aromatic heterocycles. The predicted molar refractivity (Wildman–Crippen MR) is 87.4 cm³/mol. The SMILES string of the molecule is CC(Nc1cccc(Cl)c1)c1ccc2ccccc2c1. The lowest BCUT2D eigenvalue weighted by molar-refractivity contribution is 0.887. The van der Waals surface area contributed by atoms with Gasteiger partial charge in [0.15, 0.2) is 0 Å². The van der Waals surface area contributed by atoms with E-state index in [1.54, 1.807) is 0 Å². The maximum absolute atomic E-state index is 6.01. The van der Waals surface area contributed by atoms with Crippen LogP contribution in [0.15, 0.2) is 66.7 Å². The third kappa shape index (κ3) is 2.78. The van der Waals surface area contributed by atoms with Crippen molar-refractivity contribution >= 4 is 28.1 Å². The highest BCUT2D eigenvalue weighted by Gasteiger charge is 2.06. The van der Waals surface area contributed by atoms with E-state index in [-0.39, 0.29) is 6.04 Å². The van der Waals surface area contributed by atoms with E-state index < -0.39 is 0 Å². The van der Waals surface area contributed by atoms with Crippen molar-refractivity contribution in [3.8, 4) is 0 Å². The van der Waals surface area contributed by atoms with Crippen LogP contribution in [0.2, 0.25) is 5.02 Å². The maximum Gasteiger partial charge on any atom is 0.0485 e. The van der Waals surface area contributed by atoms with Crippen molar-refractivity contribution in [2.24, 2.45) is 0 Å². The number of benzene rings is 3. The number of halogens is 1. The molecule has 0 aliphatic rings. The second kappa shape index (κ2) is 5.56. The van der Waals surface area contributed by atoms with E-state index in [9.17, 15) is 0 Å². The van der Waals surface area contributed by atoms with Gasteiger partial charge in [0, 0.05) is 16.8 Å². The Labute approximate surface area is 124 Å². The molecule has 0 saturated carbocycles. The summed E-state index contributed by atoms with van der Waals surface area (Å²) in [5, 5.41) is 6.77. The minimum absolute atomic E-state index is 0.234. The van der Waals surface area contributed by atoms with Crippen molar-refractivity contribution in [3.05, 3.63) is 77.3 Å². The van der Waals surface area contributed by atoms with E-state index in [0.717, 1.165) is 10.7 Å². The molecule has 1 N–H and O–H groups in total. The molecule has 1 unspecified atom stereocenters. The monoisotopic (exact) mass is 281 g/mol. The molecule has 1 atom stereocenters. The van der Waals surface area contributed by atoms with Crippen molar-refractivity contribution in [3.63, 3.8) is 0 Å². The Morgan fingerprint density at radius 3 is 2.45 bits per heavy atom. The molecule has 0 aliphatic heterocycles. The highest BCUT2D eigenvalue weighted by molar-refractivity contribution is 6.30. The Bertz CT molecular complexity index is 736. The molecule has 0 radical (unpaired) electrons. The summed E-state index contributed by atoms with van der Waals surface area (Å²) >= 11 is 6.01. The van der Waals surface area contributed by atoms with Crippen LogP contribution < -0.4 is 5.32 Å². The summed E-state index contributed by atoms with van der Waals surface area (Å²) in [4.78, 5) is 0. The number of hydrogen-bond acceptors (Lipinski definition) is 1. The van der Waals surface area contributed by atoms with Crippen molar-refractivity contribution in [2.75, 3.05) is 5.32 Å². The Balaban J connectivity index is 1.86. The minimum atomic E-state index is 0.234. The lowest BCUT2D eigenvalue weighted by Crippen LogP contribution is -2.06. The van der Waals surface area contributed by atoms with Crippen LogP contribution in [0.4, 0.5) is 5.69 Å². The van der Waals surface area contributed by atoms with Crippen LogP contribution in [0.5, 0.6) is 0 Å². The Morgan fingerprint density at radius 1 is 0.850 bits per heavy atom. The van der Waals surface area contributed by atoms with Crippen molar-refractivity contribution in [2.45, 2.75) is 13.0 Å². The van der Waals surface area contributed by atoms with Gasteiger partial charge in [-0.2, -0.15) is 0 Å². The molecule has 2 heteroatoms. The molecule has 0 heterocycles. The molecule has 3 aromatic rings. The highest BCUT2D eigenvalue weighted by atomic mass is 35.5. The van der Waals surface area contributed by atoms with Crippen LogP contribution in [-0.2, 0) is 0 Å². The van der Waals surface area contributed by atoms with Crippen LogP contribution in [0.1, 0.15) is 18.5 Å². The second-order valence-corrected chi connectivity index (χ2v) is 5.42. The summed E-state index contributed by atoms with van der Waals surface area (Å²) in [6, 6.07) is 23.0. The normalized spacial score (nSPS) is 12.3. The maximum atomic E-state index is 6.01. The first-order valence-corrected chi connectivity index (χ1v) is 7.11. The van der Waals surface area contributed by atoms with Gasteiger partial charge in [-0.3, -0.25) is 0 Å². The summed E-state index contributed by atoms with van der Waals surface area (Å²) in [7, 11) is 0. The van der Waals surface area contributed by atoms with E-state index in [1.165, 1.54) is 16.3 Å². The molecule has 1 nitrogen and oxygen atoms in total. The number of anilines is 1. The molecule has 0 fully saturated rings. The van der Waals surface area contributed by atoms with E-state index in [2.05, 4.69) is 54.7 Å². The van der Waals surface area contributed by atoms with E-state index in [1.807, 2.05) is 24.3 Å². The number of fused-ring (bicyclic) bond motifs is 1. The lowest BCUT2D eigenvalue weighted by atomic mass is 10.0. The van der Waals surface area contributed by atoms with Crippen LogP contribution in [0.3, 0.4) is 0 Å². The zero-order valence-electron chi connectivity index (χ0n) is 11.3. The second-order valence-electron chi connectivity index (χ2n) is 4.98. The number of hydrogen-bond donors (Lipinski definition) is 1. The van der Waals surface area contributed by atoms with Gasteiger partial charge in [0.05, 0.1) is 0 Å². The first-order valence-electron chi connectivity index (χ1n) is 6.73. The molecular formula is C18H16ClN. The van der Waals surface area contributed by atoms with Gasteiger partial charge in [-0.1, -0.05) is 54.1 Å². The van der Waals surface area contributed by atoms with Crippen molar-refractivity contribution in [1.82, 2.24) is 0 Å². The zero-order chi connectivity index (χ0) is 13.9. The van der Waals surface area contributed by atoms with Gasteiger partial charge in [-0.25, -0.2) is 0 Å². The molecular weight excluding hydrogens is 266 g/mol. The van der Waals surface area contributed by atoms with Gasteiger partial charge in [0.25, 0.3) is 0 Å². The van der Waals surface area contributed by atoms with Gasteiger partial charge in [-0.05, 0) is 47.5 Å². The summed E-state index contributed by atoms with van der Waals surface area (Å²) in [5.74, 6) is 0. The van der Waals surface area contributed by atoms with Crippen LogP contribution >= 0.6 is 11.6 Å². The first kappa shape index (κ1) is 13.0. The molecule has 3 aromatic carbocycles. The van der Waals surface area contributed by atoms with E-state index in [0.29, 0.717) is 0 Å². The average molecular weight is 282 g/mol. The van der Waals surface area contributed by atoms with Gasteiger partial charge in [-0.15, -0.1) is 0 Å². The molecule has 0 amide bonds. The van der Waals surface area contributed by atoms with E-state index in [4.69, 9.17) is 11.6 Å². The third-order valence-corrected chi connectivity index (χ3v) is 3.72. The fraction of sp³-hybridized carbons (Fsp3) is 0.111. The van der Waals surface area contributed by atoms with Crippen molar-refractivity contribution < 1.29 is 0 Å². The first-order chi connectivity index (χ1) is 9.72. The van der Waals surface area contributed by atoms with E-state index >= 15 is 0 Å². The molecule has 20 heavy (non-hydrogen) atoms. The summed E-state index contributed by atoms with van der Waals surface area (Å²) in [5.41, 5.74) is 2.31. The van der Waals surface area contributed by atoms with Gasteiger partial charge < -0.3 is 5.32 Å². The van der Waals surface area contributed by atoms with Crippen LogP contribution in [0.25, 0.3) is 10.8 Å². The molecule has 100 valence electrons. The molecule has 3 rings (SSSR count). The Kier molecular flexibility index (Phi) is 3.62. The van der Waals surface area contributed by atoms with Crippen LogP contribution in [-0.4, -0.2) is 0 Å². The predicted octanol–water partition coefficient (Wildman–Crippen LogP) is 5.67. The molecule has 0 bridgehead atoms.